The topological polar surface area (TPSA) is 12.9 Å². The zero-order valence-corrected chi connectivity index (χ0v) is 12.8. The minimum Gasteiger partial charge on any atom is -0.260 e. The highest BCUT2D eigenvalue weighted by Gasteiger charge is 2.32. The number of hydrogen-bond donors (Lipinski definition) is 0. The van der Waals surface area contributed by atoms with Gasteiger partial charge < -0.3 is 0 Å². The van der Waals surface area contributed by atoms with Crippen LogP contribution in [0, 0.1) is 5.41 Å². The molecular formula is C17H27N. The van der Waals surface area contributed by atoms with Crippen molar-refractivity contribution in [1.82, 2.24) is 4.98 Å². The standard InChI is InChI=1S/C17H27N/c1-16(2,3)13-10-12-8-7-9-14(17(4,5)6)15(12)18-11-13/h10-11,14H,7-9H2,1-6H3. The summed E-state index contributed by atoms with van der Waals surface area (Å²) in [7, 11) is 0. The molecule has 0 spiro atoms. The third kappa shape index (κ3) is 2.60. The van der Waals surface area contributed by atoms with Crippen molar-refractivity contribution in [2.24, 2.45) is 5.41 Å². The molecule has 1 aromatic rings. The van der Waals surface area contributed by atoms with Crippen LogP contribution >= 0.6 is 0 Å². The van der Waals surface area contributed by atoms with E-state index in [0.29, 0.717) is 11.3 Å². The van der Waals surface area contributed by atoms with E-state index in [1.165, 1.54) is 36.1 Å². The fraction of sp³-hybridized carbons (Fsp3) is 0.706. The van der Waals surface area contributed by atoms with Crippen molar-refractivity contribution in [1.29, 1.82) is 0 Å². The van der Waals surface area contributed by atoms with Crippen molar-refractivity contribution in [3.63, 3.8) is 0 Å². The van der Waals surface area contributed by atoms with Crippen molar-refractivity contribution < 1.29 is 0 Å². The molecule has 0 fully saturated rings. The number of nitrogens with zero attached hydrogens (tertiary/aromatic N) is 1. The Morgan fingerprint density at radius 1 is 1.11 bits per heavy atom. The number of rotatable bonds is 0. The molecule has 0 saturated carbocycles. The second-order valence-corrected chi connectivity index (χ2v) is 7.83. The molecule has 100 valence electrons. The summed E-state index contributed by atoms with van der Waals surface area (Å²) in [6.45, 7) is 13.8. The lowest BCUT2D eigenvalue weighted by Crippen LogP contribution is -2.25. The quantitative estimate of drug-likeness (QED) is 0.637. The lowest BCUT2D eigenvalue weighted by Gasteiger charge is -2.35. The maximum absolute atomic E-state index is 4.83. The first kappa shape index (κ1) is 13.6. The SMILES string of the molecule is CC(C)(C)c1cnc2c(c1)CCCC2C(C)(C)C. The third-order valence-electron chi connectivity index (χ3n) is 4.18. The van der Waals surface area contributed by atoms with Gasteiger partial charge in [-0.2, -0.15) is 0 Å². The van der Waals surface area contributed by atoms with E-state index in [-0.39, 0.29) is 5.41 Å². The number of fused-ring (bicyclic) bond motifs is 1. The Balaban J connectivity index is 2.43. The molecule has 1 atom stereocenters. The fourth-order valence-corrected chi connectivity index (χ4v) is 2.92. The van der Waals surface area contributed by atoms with E-state index < -0.39 is 0 Å². The first-order valence-corrected chi connectivity index (χ1v) is 7.19. The summed E-state index contributed by atoms with van der Waals surface area (Å²) in [4.78, 5) is 4.83. The molecule has 1 heterocycles. The minimum atomic E-state index is 0.205. The van der Waals surface area contributed by atoms with Crippen LogP contribution in [0.25, 0.3) is 0 Å². The van der Waals surface area contributed by atoms with E-state index in [2.05, 4.69) is 53.8 Å². The Morgan fingerprint density at radius 3 is 2.33 bits per heavy atom. The van der Waals surface area contributed by atoms with Gasteiger partial charge in [-0.15, -0.1) is 0 Å². The summed E-state index contributed by atoms with van der Waals surface area (Å²) in [5, 5.41) is 0. The van der Waals surface area contributed by atoms with Crippen LogP contribution < -0.4 is 0 Å². The van der Waals surface area contributed by atoms with Crippen LogP contribution in [-0.4, -0.2) is 4.98 Å². The van der Waals surface area contributed by atoms with Gasteiger partial charge in [0.1, 0.15) is 0 Å². The van der Waals surface area contributed by atoms with Crippen molar-refractivity contribution in [2.75, 3.05) is 0 Å². The molecule has 0 amide bonds. The van der Waals surface area contributed by atoms with Gasteiger partial charge in [0, 0.05) is 17.8 Å². The second kappa shape index (κ2) is 4.36. The highest BCUT2D eigenvalue weighted by molar-refractivity contribution is 5.33. The first-order chi connectivity index (χ1) is 8.19. The molecule has 1 unspecified atom stereocenters. The van der Waals surface area contributed by atoms with Gasteiger partial charge in [0.2, 0.25) is 0 Å². The fourth-order valence-electron chi connectivity index (χ4n) is 2.92. The minimum absolute atomic E-state index is 0.205. The lowest BCUT2D eigenvalue weighted by atomic mass is 9.71. The largest absolute Gasteiger partial charge is 0.260 e. The van der Waals surface area contributed by atoms with Gasteiger partial charge in [0.15, 0.2) is 0 Å². The summed E-state index contributed by atoms with van der Waals surface area (Å²) in [5.74, 6) is 0.621. The van der Waals surface area contributed by atoms with Gasteiger partial charge in [0.25, 0.3) is 0 Å². The second-order valence-electron chi connectivity index (χ2n) is 7.83. The van der Waals surface area contributed by atoms with Crippen LogP contribution in [0.2, 0.25) is 0 Å². The van der Waals surface area contributed by atoms with Crippen LogP contribution in [0.4, 0.5) is 0 Å². The summed E-state index contributed by atoms with van der Waals surface area (Å²) in [6.07, 6.45) is 5.91. The molecule has 0 saturated heterocycles. The number of pyridine rings is 1. The van der Waals surface area contributed by atoms with Gasteiger partial charge in [-0.05, 0) is 41.2 Å². The van der Waals surface area contributed by atoms with Crippen LogP contribution in [0.1, 0.15) is 77.1 Å². The number of aromatic nitrogens is 1. The highest BCUT2D eigenvalue weighted by Crippen LogP contribution is 2.43. The zero-order chi connectivity index (χ0) is 13.6. The van der Waals surface area contributed by atoms with Gasteiger partial charge in [-0.25, -0.2) is 0 Å². The summed E-state index contributed by atoms with van der Waals surface area (Å²) >= 11 is 0. The molecule has 1 aliphatic carbocycles. The van der Waals surface area contributed by atoms with E-state index in [9.17, 15) is 0 Å². The van der Waals surface area contributed by atoms with E-state index in [1.807, 2.05) is 0 Å². The van der Waals surface area contributed by atoms with Crippen LogP contribution in [0.15, 0.2) is 12.3 Å². The van der Waals surface area contributed by atoms with E-state index in [1.54, 1.807) is 0 Å². The molecule has 0 bridgehead atoms. The predicted octanol–water partition coefficient (Wildman–Crippen LogP) is 4.85. The van der Waals surface area contributed by atoms with Crippen LogP contribution in [0.3, 0.4) is 0 Å². The monoisotopic (exact) mass is 245 g/mol. The molecule has 1 aliphatic rings. The molecule has 0 radical (unpaired) electrons. The van der Waals surface area contributed by atoms with Crippen molar-refractivity contribution >= 4 is 0 Å². The Morgan fingerprint density at radius 2 is 1.78 bits per heavy atom. The molecule has 0 N–H and O–H groups in total. The molecule has 0 aliphatic heterocycles. The van der Waals surface area contributed by atoms with Gasteiger partial charge >= 0.3 is 0 Å². The van der Waals surface area contributed by atoms with Gasteiger partial charge in [-0.3, -0.25) is 4.98 Å². The Labute approximate surface area is 112 Å². The van der Waals surface area contributed by atoms with Crippen LogP contribution in [-0.2, 0) is 11.8 Å². The van der Waals surface area contributed by atoms with E-state index in [4.69, 9.17) is 4.98 Å². The Hall–Kier alpha value is -0.850. The summed E-state index contributed by atoms with van der Waals surface area (Å²) in [5.41, 5.74) is 4.76. The Bertz CT molecular complexity index is 432. The maximum atomic E-state index is 4.83. The van der Waals surface area contributed by atoms with Crippen molar-refractivity contribution in [3.8, 4) is 0 Å². The smallest absolute Gasteiger partial charge is 0.0471 e. The third-order valence-corrected chi connectivity index (χ3v) is 4.18. The molecule has 1 nitrogen and oxygen atoms in total. The van der Waals surface area contributed by atoms with Crippen molar-refractivity contribution in [2.45, 2.75) is 72.1 Å². The molecular weight excluding hydrogens is 218 g/mol. The number of hydrogen-bond acceptors (Lipinski definition) is 1. The average molecular weight is 245 g/mol. The van der Waals surface area contributed by atoms with E-state index >= 15 is 0 Å². The normalized spacial score (nSPS) is 20.7. The van der Waals surface area contributed by atoms with Crippen molar-refractivity contribution in [3.05, 3.63) is 29.1 Å². The highest BCUT2D eigenvalue weighted by atomic mass is 14.7. The van der Waals surface area contributed by atoms with Gasteiger partial charge in [-0.1, -0.05) is 47.6 Å². The van der Waals surface area contributed by atoms with Crippen LogP contribution in [0.5, 0.6) is 0 Å². The number of aryl methyl sites for hydroxylation is 1. The molecule has 2 rings (SSSR count). The lowest BCUT2D eigenvalue weighted by molar-refractivity contribution is 0.283. The summed E-state index contributed by atoms with van der Waals surface area (Å²) in [6, 6.07) is 2.40. The van der Waals surface area contributed by atoms with E-state index in [0.717, 1.165) is 0 Å². The summed E-state index contributed by atoms with van der Waals surface area (Å²) < 4.78 is 0. The molecule has 0 aromatic carbocycles. The predicted molar refractivity (Wildman–Crippen MR) is 78.1 cm³/mol. The zero-order valence-electron chi connectivity index (χ0n) is 12.8. The molecule has 1 heteroatoms. The Kier molecular flexibility index (Phi) is 3.29. The first-order valence-electron chi connectivity index (χ1n) is 7.19. The van der Waals surface area contributed by atoms with Gasteiger partial charge in [0.05, 0.1) is 0 Å². The molecule has 18 heavy (non-hydrogen) atoms. The average Bonchev–Trinajstić information content (AvgIpc) is 2.25. The maximum Gasteiger partial charge on any atom is 0.0471 e. The molecule has 1 aromatic heterocycles.